The highest BCUT2D eigenvalue weighted by molar-refractivity contribution is 5.90. The molecule has 2 aliphatic heterocycles. The molecule has 0 unspecified atom stereocenters. The largest absolute Gasteiger partial charge is 0.468 e. The number of carbonyl (C=O) groups is 2. The number of hydrogen-bond donors (Lipinski definition) is 0. The Hall–Kier alpha value is -2.66. The van der Waals surface area contributed by atoms with E-state index in [-0.39, 0.29) is 18.0 Å². The minimum Gasteiger partial charge on any atom is -0.468 e. The molecule has 0 spiro atoms. The van der Waals surface area contributed by atoms with Gasteiger partial charge in [0, 0.05) is 18.5 Å². The van der Waals surface area contributed by atoms with Gasteiger partial charge in [0.05, 0.1) is 12.7 Å². The van der Waals surface area contributed by atoms with Crippen molar-refractivity contribution in [3.8, 4) is 0 Å². The van der Waals surface area contributed by atoms with E-state index < -0.39 is 11.5 Å². The van der Waals surface area contributed by atoms with Gasteiger partial charge >= 0.3 is 11.9 Å². The number of ether oxygens (including phenoxy) is 2. The van der Waals surface area contributed by atoms with Crippen molar-refractivity contribution in [1.82, 2.24) is 4.90 Å². The number of methoxy groups -OCH3 is 1. The standard InChI is InChI=1S/C24H27NO4/c1-25-19-13-14-20(25)24(23(27)28-2,16-17-9-5-3-6-10-17)21(15-19)29-22(26)18-11-7-4-8-12-18/h3-12,19-21H,13-16H2,1-2H3/t19-,20+,21+,24-/m1/s1. The van der Waals surface area contributed by atoms with Gasteiger partial charge in [-0.1, -0.05) is 48.5 Å². The maximum Gasteiger partial charge on any atom is 0.338 e. The number of piperidine rings is 1. The molecule has 5 heteroatoms. The van der Waals surface area contributed by atoms with Crippen molar-refractivity contribution in [1.29, 1.82) is 0 Å². The SMILES string of the molecule is COC(=O)[C@@]1(Cc2ccccc2)[C@@H](OC(=O)c2ccccc2)C[C@H]2CC[C@@H]1N2C. The number of hydrogen-bond acceptors (Lipinski definition) is 5. The number of nitrogens with zero attached hydrogens (tertiary/aromatic N) is 1. The third kappa shape index (κ3) is 3.44. The van der Waals surface area contributed by atoms with Crippen molar-refractivity contribution >= 4 is 11.9 Å². The van der Waals surface area contributed by atoms with E-state index in [0.717, 1.165) is 18.4 Å². The monoisotopic (exact) mass is 393 g/mol. The fourth-order valence-electron chi connectivity index (χ4n) is 5.21. The summed E-state index contributed by atoms with van der Waals surface area (Å²) in [6.07, 6.45) is 2.47. The zero-order valence-corrected chi connectivity index (χ0v) is 16.9. The molecule has 0 radical (unpaired) electrons. The van der Waals surface area contributed by atoms with Crippen molar-refractivity contribution in [3.05, 3.63) is 71.8 Å². The van der Waals surface area contributed by atoms with Gasteiger partial charge in [0.1, 0.15) is 11.5 Å². The lowest BCUT2D eigenvalue weighted by molar-refractivity contribution is -0.174. The van der Waals surface area contributed by atoms with E-state index in [1.165, 1.54) is 7.11 Å². The second kappa shape index (κ2) is 7.99. The Bertz CT molecular complexity index is 869. The zero-order valence-electron chi connectivity index (χ0n) is 16.9. The number of esters is 2. The Balaban J connectivity index is 1.74. The lowest BCUT2D eigenvalue weighted by atomic mass is 9.67. The lowest BCUT2D eigenvalue weighted by Gasteiger charge is -2.49. The summed E-state index contributed by atoms with van der Waals surface area (Å²) in [5.74, 6) is -0.690. The van der Waals surface area contributed by atoms with Gasteiger partial charge in [-0.2, -0.15) is 0 Å². The second-order valence-electron chi connectivity index (χ2n) is 8.10. The van der Waals surface area contributed by atoms with Crippen LogP contribution in [0.25, 0.3) is 0 Å². The first-order valence-electron chi connectivity index (χ1n) is 10.2. The summed E-state index contributed by atoms with van der Waals surface area (Å²) in [5, 5.41) is 0. The summed E-state index contributed by atoms with van der Waals surface area (Å²) in [6, 6.07) is 19.2. The van der Waals surface area contributed by atoms with Crippen LogP contribution in [-0.2, 0) is 20.7 Å². The maximum atomic E-state index is 13.3. The van der Waals surface area contributed by atoms with E-state index in [4.69, 9.17) is 9.47 Å². The van der Waals surface area contributed by atoms with Gasteiger partial charge in [-0.05, 0) is 44.0 Å². The summed E-state index contributed by atoms with van der Waals surface area (Å²) >= 11 is 0. The van der Waals surface area contributed by atoms with Crippen LogP contribution in [0.1, 0.15) is 35.2 Å². The van der Waals surface area contributed by atoms with Gasteiger partial charge in [0.2, 0.25) is 0 Å². The second-order valence-corrected chi connectivity index (χ2v) is 8.10. The molecule has 29 heavy (non-hydrogen) atoms. The van der Waals surface area contributed by atoms with Gasteiger partial charge in [0.15, 0.2) is 0 Å². The Morgan fingerprint density at radius 1 is 1.03 bits per heavy atom. The maximum absolute atomic E-state index is 13.3. The summed E-state index contributed by atoms with van der Waals surface area (Å²) in [4.78, 5) is 28.5. The molecule has 4 rings (SSSR count). The third-order valence-electron chi connectivity index (χ3n) is 6.66. The first kappa shape index (κ1) is 19.6. The van der Waals surface area contributed by atoms with Gasteiger partial charge in [-0.25, -0.2) is 4.79 Å². The van der Waals surface area contributed by atoms with Crippen LogP contribution in [0.3, 0.4) is 0 Å². The van der Waals surface area contributed by atoms with E-state index in [2.05, 4.69) is 11.9 Å². The fourth-order valence-corrected chi connectivity index (χ4v) is 5.21. The molecule has 152 valence electrons. The fraction of sp³-hybridized carbons (Fsp3) is 0.417. The first-order valence-corrected chi connectivity index (χ1v) is 10.2. The van der Waals surface area contributed by atoms with Crippen LogP contribution in [0.4, 0.5) is 0 Å². The molecule has 5 nitrogen and oxygen atoms in total. The number of rotatable bonds is 5. The molecule has 2 bridgehead atoms. The molecule has 0 aromatic heterocycles. The van der Waals surface area contributed by atoms with Crippen molar-refractivity contribution in [2.75, 3.05) is 14.2 Å². The van der Waals surface area contributed by atoms with E-state index in [1.807, 2.05) is 48.5 Å². The average Bonchev–Trinajstić information content (AvgIpc) is 3.03. The summed E-state index contributed by atoms with van der Waals surface area (Å²) in [7, 11) is 3.49. The van der Waals surface area contributed by atoms with Gasteiger partial charge in [-0.3, -0.25) is 9.69 Å². The molecule has 2 aromatic rings. The van der Waals surface area contributed by atoms with Crippen molar-refractivity contribution in [3.63, 3.8) is 0 Å². The van der Waals surface area contributed by atoms with E-state index in [1.54, 1.807) is 12.1 Å². The van der Waals surface area contributed by atoms with Crippen LogP contribution in [-0.4, -0.2) is 49.2 Å². The third-order valence-corrected chi connectivity index (χ3v) is 6.66. The Labute approximate surface area is 171 Å². The van der Waals surface area contributed by atoms with Gasteiger partial charge < -0.3 is 9.47 Å². The van der Waals surface area contributed by atoms with Crippen molar-refractivity contribution in [2.45, 2.75) is 43.9 Å². The number of carbonyl (C=O) groups excluding carboxylic acids is 2. The summed E-state index contributed by atoms with van der Waals surface area (Å²) < 4.78 is 11.4. The smallest absolute Gasteiger partial charge is 0.338 e. The van der Waals surface area contributed by atoms with E-state index in [9.17, 15) is 9.59 Å². The zero-order chi connectivity index (χ0) is 20.4. The van der Waals surface area contributed by atoms with E-state index >= 15 is 0 Å². The Kier molecular flexibility index (Phi) is 5.41. The van der Waals surface area contributed by atoms with Gasteiger partial charge in [-0.15, -0.1) is 0 Å². The minimum absolute atomic E-state index is 0.0255. The highest BCUT2D eigenvalue weighted by Gasteiger charge is 2.62. The quantitative estimate of drug-likeness (QED) is 0.728. The molecule has 0 N–H and O–H groups in total. The van der Waals surface area contributed by atoms with Crippen molar-refractivity contribution in [2.24, 2.45) is 5.41 Å². The van der Waals surface area contributed by atoms with Crippen LogP contribution in [0.2, 0.25) is 0 Å². The molecule has 4 atom stereocenters. The summed E-state index contributed by atoms with van der Waals surface area (Å²) in [5.41, 5.74) is 0.608. The van der Waals surface area contributed by atoms with Gasteiger partial charge in [0.25, 0.3) is 0 Å². The molecule has 0 saturated carbocycles. The number of benzene rings is 2. The highest BCUT2D eigenvalue weighted by Crippen LogP contribution is 2.50. The Morgan fingerprint density at radius 2 is 1.69 bits per heavy atom. The van der Waals surface area contributed by atoms with Crippen LogP contribution < -0.4 is 0 Å². The lowest BCUT2D eigenvalue weighted by Crippen LogP contribution is -2.63. The van der Waals surface area contributed by atoms with Crippen LogP contribution in [0, 0.1) is 5.41 Å². The molecule has 0 amide bonds. The molecular weight excluding hydrogens is 366 g/mol. The van der Waals surface area contributed by atoms with Crippen LogP contribution >= 0.6 is 0 Å². The predicted octanol–water partition coefficient (Wildman–Crippen LogP) is 3.48. The molecule has 0 aliphatic carbocycles. The average molecular weight is 393 g/mol. The highest BCUT2D eigenvalue weighted by atomic mass is 16.6. The molecule has 2 aromatic carbocycles. The molecule has 2 saturated heterocycles. The molecule has 2 heterocycles. The predicted molar refractivity (Wildman–Crippen MR) is 109 cm³/mol. The molecule has 2 aliphatic rings. The molecule has 2 fully saturated rings. The van der Waals surface area contributed by atoms with Crippen molar-refractivity contribution < 1.29 is 19.1 Å². The Morgan fingerprint density at radius 3 is 2.34 bits per heavy atom. The topological polar surface area (TPSA) is 55.8 Å². The van der Waals surface area contributed by atoms with Crippen LogP contribution in [0.5, 0.6) is 0 Å². The van der Waals surface area contributed by atoms with E-state index in [0.29, 0.717) is 24.4 Å². The minimum atomic E-state index is -0.928. The summed E-state index contributed by atoms with van der Waals surface area (Å²) in [6.45, 7) is 0. The molecular formula is C24H27NO4. The first-order chi connectivity index (χ1) is 14.1. The van der Waals surface area contributed by atoms with Crippen LogP contribution in [0.15, 0.2) is 60.7 Å². The number of fused-ring (bicyclic) bond motifs is 2. The normalized spacial score (nSPS) is 28.7.